The lowest BCUT2D eigenvalue weighted by Crippen LogP contribution is -2.44. The van der Waals surface area contributed by atoms with E-state index in [-0.39, 0.29) is 6.10 Å². The Morgan fingerprint density at radius 3 is 2.67 bits per heavy atom. The van der Waals surface area contributed by atoms with Crippen LogP contribution in [0.4, 0.5) is 5.69 Å². The van der Waals surface area contributed by atoms with Crippen molar-refractivity contribution in [2.24, 2.45) is 0 Å². The van der Waals surface area contributed by atoms with Gasteiger partial charge in [-0.3, -0.25) is 0 Å². The summed E-state index contributed by atoms with van der Waals surface area (Å²) in [6.07, 6.45) is 2.47. The molecule has 3 aromatic rings. The number of nitrogens with zero attached hydrogens (tertiary/aromatic N) is 1. The quantitative estimate of drug-likeness (QED) is 0.501. The van der Waals surface area contributed by atoms with Crippen molar-refractivity contribution in [3.8, 4) is 5.75 Å². The monoisotopic (exact) mass is 429 g/mol. The van der Waals surface area contributed by atoms with Crippen LogP contribution in [-0.4, -0.2) is 54.1 Å². The van der Waals surface area contributed by atoms with Crippen LogP contribution in [0.1, 0.15) is 17.2 Å². The first-order valence-corrected chi connectivity index (χ1v) is 11.1. The summed E-state index contributed by atoms with van der Waals surface area (Å²) < 4.78 is 32.5. The normalized spacial score (nSPS) is 16.6. The highest BCUT2D eigenvalue weighted by Crippen LogP contribution is 2.34. The number of anilines is 1. The van der Waals surface area contributed by atoms with Crippen LogP contribution in [-0.2, 0) is 22.2 Å². The number of aromatic amines is 1. The number of ether oxygens (including phenoxy) is 2. The molecule has 2 heterocycles. The Morgan fingerprint density at radius 2 is 1.97 bits per heavy atom. The van der Waals surface area contributed by atoms with E-state index in [2.05, 4.69) is 15.2 Å². The molecule has 0 radical (unpaired) electrons. The van der Waals surface area contributed by atoms with Gasteiger partial charge in [-0.15, -0.1) is 0 Å². The highest BCUT2D eigenvalue weighted by Gasteiger charge is 2.22. The summed E-state index contributed by atoms with van der Waals surface area (Å²) in [6.45, 7) is 3.50. The van der Waals surface area contributed by atoms with Gasteiger partial charge < -0.3 is 29.2 Å². The second-order valence-corrected chi connectivity index (χ2v) is 8.33. The molecule has 0 saturated carbocycles. The van der Waals surface area contributed by atoms with Crippen LogP contribution in [0.25, 0.3) is 10.9 Å². The highest BCUT2D eigenvalue weighted by molar-refractivity contribution is 7.79. The van der Waals surface area contributed by atoms with Crippen LogP contribution < -0.4 is 15.0 Å². The lowest BCUT2D eigenvalue weighted by molar-refractivity contribution is 0.105. The first-order chi connectivity index (χ1) is 14.6. The van der Waals surface area contributed by atoms with Crippen LogP contribution in [0.15, 0.2) is 47.5 Å². The molecule has 1 fully saturated rings. The molecular weight excluding hydrogens is 402 g/mol. The number of rotatable bonds is 7. The van der Waals surface area contributed by atoms with Gasteiger partial charge in [-0.1, -0.05) is 6.07 Å². The zero-order chi connectivity index (χ0) is 21.1. The van der Waals surface area contributed by atoms with Crippen LogP contribution in [0, 0.1) is 0 Å². The van der Waals surface area contributed by atoms with E-state index in [9.17, 15) is 8.76 Å². The number of nitrogens with one attached hydrogen (secondary N) is 2. The summed E-state index contributed by atoms with van der Waals surface area (Å²) in [5.74, 6) is 0.800. The van der Waals surface area contributed by atoms with Crippen LogP contribution in [0.2, 0.25) is 0 Å². The first-order valence-electron chi connectivity index (χ1n) is 9.98. The standard InChI is InChI=1S/C22H27N3O4S/c1-28-16-4-6-20-18(12-16)19(14-24-20)22(29-2)11-15-3-5-17(30(26)27)13-21(15)25-9-7-23-8-10-25/h3-6,12-14,22-24H,7-11H2,1-2H3,(H,26,27). The van der Waals surface area contributed by atoms with Crippen molar-refractivity contribution in [1.29, 1.82) is 0 Å². The van der Waals surface area contributed by atoms with Gasteiger partial charge in [0, 0.05) is 68.1 Å². The van der Waals surface area contributed by atoms with E-state index in [0.717, 1.165) is 59.6 Å². The minimum atomic E-state index is -2.01. The third kappa shape index (κ3) is 4.22. The Hall–Kier alpha value is -2.39. The van der Waals surface area contributed by atoms with Crippen molar-refractivity contribution in [2.75, 3.05) is 45.3 Å². The molecule has 30 heavy (non-hydrogen) atoms. The highest BCUT2D eigenvalue weighted by atomic mass is 32.2. The van der Waals surface area contributed by atoms with Crippen molar-refractivity contribution in [3.63, 3.8) is 0 Å². The van der Waals surface area contributed by atoms with Crippen molar-refractivity contribution >= 4 is 27.7 Å². The van der Waals surface area contributed by atoms with E-state index in [1.807, 2.05) is 36.5 Å². The third-order valence-corrected chi connectivity index (χ3v) is 6.33. The van der Waals surface area contributed by atoms with E-state index >= 15 is 0 Å². The molecule has 7 nitrogen and oxygen atoms in total. The van der Waals surface area contributed by atoms with Gasteiger partial charge in [-0.25, -0.2) is 4.21 Å². The maximum Gasteiger partial charge on any atom is 0.186 e. The lowest BCUT2D eigenvalue weighted by atomic mass is 9.98. The molecular formula is C22H27N3O4S. The van der Waals surface area contributed by atoms with Crippen molar-refractivity contribution in [2.45, 2.75) is 17.4 Å². The number of aromatic nitrogens is 1. The lowest BCUT2D eigenvalue weighted by Gasteiger charge is -2.32. The minimum Gasteiger partial charge on any atom is -0.497 e. The number of benzene rings is 2. The van der Waals surface area contributed by atoms with Gasteiger partial charge >= 0.3 is 0 Å². The summed E-state index contributed by atoms with van der Waals surface area (Å²) in [6, 6.07) is 11.5. The molecule has 4 rings (SSSR count). The van der Waals surface area contributed by atoms with E-state index in [4.69, 9.17) is 9.47 Å². The molecule has 2 atom stereocenters. The number of hydrogen-bond acceptors (Lipinski definition) is 5. The number of fused-ring (bicyclic) bond motifs is 1. The third-order valence-electron chi connectivity index (χ3n) is 5.67. The Kier molecular flexibility index (Phi) is 6.38. The second kappa shape index (κ2) is 9.18. The van der Waals surface area contributed by atoms with Crippen molar-refractivity contribution < 1.29 is 18.2 Å². The van der Waals surface area contributed by atoms with Gasteiger partial charge in [0.1, 0.15) is 5.75 Å². The Labute approximate surface area is 178 Å². The Balaban J connectivity index is 1.70. The Morgan fingerprint density at radius 1 is 1.17 bits per heavy atom. The molecule has 8 heteroatoms. The molecule has 2 unspecified atom stereocenters. The molecule has 160 valence electrons. The summed E-state index contributed by atoms with van der Waals surface area (Å²) in [5, 5.41) is 4.42. The maximum atomic E-state index is 11.7. The molecule has 1 aliphatic rings. The van der Waals surface area contributed by atoms with Gasteiger partial charge in [0.25, 0.3) is 0 Å². The first kappa shape index (κ1) is 20.9. The van der Waals surface area contributed by atoms with Gasteiger partial charge in [0.2, 0.25) is 0 Å². The molecule has 0 bridgehead atoms. The summed E-state index contributed by atoms with van der Waals surface area (Å²) in [5.41, 5.74) is 4.18. The van der Waals surface area contributed by atoms with Gasteiger partial charge in [0.05, 0.1) is 18.1 Å². The summed E-state index contributed by atoms with van der Waals surface area (Å²) in [7, 11) is 3.37. The van der Waals surface area contributed by atoms with Gasteiger partial charge in [-0.05, 0) is 35.9 Å². The molecule has 3 N–H and O–H groups in total. The number of hydrogen-bond donors (Lipinski definition) is 3. The second-order valence-electron chi connectivity index (χ2n) is 7.36. The van der Waals surface area contributed by atoms with Gasteiger partial charge in [0.15, 0.2) is 11.1 Å². The minimum absolute atomic E-state index is 0.169. The predicted molar refractivity (Wildman–Crippen MR) is 119 cm³/mol. The number of piperazine rings is 1. The largest absolute Gasteiger partial charge is 0.497 e. The van der Waals surface area contributed by atoms with Crippen molar-refractivity contribution in [1.82, 2.24) is 10.3 Å². The zero-order valence-electron chi connectivity index (χ0n) is 17.2. The topological polar surface area (TPSA) is 86.8 Å². The molecule has 1 aliphatic heterocycles. The number of methoxy groups -OCH3 is 2. The Bertz CT molecular complexity index is 1050. The SMILES string of the molecule is COc1ccc2[nH]cc(C(Cc3ccc(S(=O)O)cc3N3CCNCC3)OC)c2c1. The average molecular weight is 430 g/mol. The molecule has 0 aliphatic carbocycles. The van der Waals surface area contributed by atoms with Crippen LogP contribution in [0.5, 0.6) is 5.75 Å². The summed E-state index contributed by atoms with van der Waals surface area (Å²) in [4.78, 5) is 6.00. The fourth-order valence-corrected chi connectivity index (χ4v) is 4.46. The maximum absolute atomic E-state index is 11.7. The summed E-state index contributed by atoms with van der Waals surface area (Å²) >= 11 is -2.01. The van der Waals surface area contributed by atoms with Crippen LogP contribution >= 0.6 is 0 Å². The predicted octanol–water partition coefficient (Wildman–Crippen LogP) is 3.10. The van der Waals surface area contributed by atoms with Crippen molar-refractivity contribution in [3.05, 3.63) is 53.7 Å². The van der Waals surface area contributed by atoms with Crippen LogP contribution in [0.3, 0.4) is 0 Å². The van der Waals surface area contributed by atoms with E-state index < -0.39 is 11.1 Å². The fourth-order valence-electron chi connectivity index (χ4n) is 4.06. The molecule has 1 saturated heterocycles. The van der Waals surface area contributed by atoms with E-state index in [0.29, 0.717) is 11.3 Å². The average Bonchev–Trinajstić information content (AvgIpc) is 3.21. The molecule has 0 amide bonds. The molecule has 2 aromatic carbocycles. The van der Waals surface area contributed by atoms with E-state index in [1.54, 1.807) is 20.3 Å². The molecule has 1 aromatic heterocycles. The molecule has 0 spiro atoms. The zero-order valence-corrected chi connectivity index (χ0v) is 18.0. The fraction of sp³-hybridized carbons (Fsp3) is 0.364. The van der Waals surface area contributed by atoms with Gasteiger partial charge in [-0.2, -0.15) is 0 Å². The van der Waals surface area contributed by atoms with E-state index in [1.165, 1.54) is 0 Å². The smallest absolute Gasteiger partial charge is 0.186 e. The number of H-pyrrole nitrogens is 1.